The quantitative estimate of drug-likeness (QED) is 0.447. The van der Waals surface area contributed by atoms with Crippen molar-refractivity contribution in [2.24, 2.45) is 0 Å². The lowest BCUT2D eigenvalue weighted by Crippen LogP contribution is -2.42. The number of fused-ring (bicyclic) bond motifs is 1. The van der Waals surface area contributed by atoms with Crippen molar-refractivity contribution in [2.75, 3.05) is 74.2 Å². The Morgan fingerprint density at radius 1 is 1.11 bits per heavy atom. The molecule has 0 aliphatic carbocycles. The Morgan fingerprint density at radius 3 is 2.62 bits per heavy atom. The van der Waals surface area contributed by atoms with Gasteiger partial charge < -0.3 is 20.3 Å². The van der Waals surface area contributed by atoms with Crippen molar-refractivity contribution in [2.45, 2.75) is 31.7 Å². The van der Waals surface area contributed by atoms with Gasteiger partial charge in [-0.1, -0.05) is 26.0 Å². The van der Waals surface area contributed by atoms with E-state index in [1.165, 1.54) is 16.8 Å². The predicted molar refractivity (Wildman–Crippen MR) is 151 cm³/mol. The van der Waals surface area contributed by atoms with Crippen LogP contribution in [0.2, 0.25) is 0 Å². The number of hydrogen-bond acceptors (Lipinski definition) is 7. The van der Waals surface area contributed by atoms with E-state index in [1.54, 1.807) is 0 Å². The largest absolute Gasteiger partial charge is 0.378 e. The lowest BCUT2D eigenvalue weighted by molar-refractivity contribution is 0.0948. The average Bonchev–Trinajstić information content (AvgIpc) is 2.89. The van der Waals surface area contributed by atoms with Gasteiger partial charge in [0.05, 0.1) is 30.8 Å². The monoisotopic (exact) mass is 528 g/mol. The van der Waals surface area contributed by atoms with Gasteiger partial charge in [-0.25, -0.2) is 0 Å². The molecule has 9 heteroatoms. The zero-order valence-electron chi connectivity index (χ0n) is 21.9. The number of carbonyl (C=O) groups excluding carboxylic acids is 1. The van der Waals surface area contributed by atoms with Crippen LogP contribution in [0.4, 0.5) is 11.4 Å². The highest BCUT2D eigenvalue weighted by atomic mass is 32.3. The molecule has 0 saturated carbocycles. The Morgan fingerprint density at radius 2 is 1.86 bits per heavy atom. The topological polar surface area (TPSA) is 97.3 Å². The van der Waals surface area contributed by atoms with Gasteiger partial charge in [-0.3, -0.25) is 18.8 Å². The van der Waals surface area contributed by atoms with E-state index in [4.69, 9.17) is 4.74 Å². The van der Waals surface area contributed by atoms with Crippen LogP contribution in [-0.4, -0.2) is 83.9 Å². The van der Waals surface area contributed by atoms with Gasteiger partial charge in [0.2, 0.25) is 0 Å². The Balaban J connectivity index is 1.23. The summed E-state index contributed by atoms with van der Waals surface area (Å²) < 4.78 is 25.1. The van der Waals surface area contributed by atoms with Crippen molar-refractivity contribution in [1.29, 1.82) is 0 Å². The maximum Gasteiger partial charge on any atom is 0.251 e. The van der Waals surface area contributed by atoms with E-state index in [2.05, 4.69) is 58.5 Å². The number of hydrogen-bond donors (Lipinski definition) is 4. The Hall–Kier alpha value is -2.30. The Kier molecular flexibility index (Phi) is 7.70. The number of nitrogens with zero attached hydrogens (tertiary/aromatic N) is 2. The molecule has 5 rings (SSSR count). The zero-order valence-corrected chi connectivity index (χ0v) is 22.7. The van der Waals surface area contributed by atoms with Crippen molar-refractivity contribution in [1.82, 2.24) is 10.2 Å². The first kappa shape index (κ1) is 26.3. The fourth-order valence-electron chi connectivity index (χ4n) is 5.61. The standard InChI is InChI=1S/C28H40N4O4S/c1-28(2)20-26(21-4-3-5-23(18-21)32-10-14-36-15-11-32)30-25-7-6-22(19-24(25)28)27(33)29-8-9-31-12-16-37(34,35)17-13-31/h3-7,18-19,26,30,34-35H,8-17,20H2,1-2H3,(H,29,33). The highest BCUT2D eigenvalue weighted by molar-refractivity contribution is 8.24. The fraction of sp³-hybridized carbons (Fsp3) is 0.536. The summed E-state index contributed by atoms with van der Waals surface area (Å²) >= 11 is 0. The molecule has 0 spiro atoms. The van der Waals surface area contributed by atoms with Crippen molar-refractivity contribution < 1.29 is 18.6 Å². The molecule has 4 N–H and O–H groups in total. The van der Waals surface area contributed by atoms with Gasteiger partial charge in [-0.05, 0) is 53.3 Å². The number of benzene rings is 2. The van der Waals surface area contributed by atoms with Crippen LogP contribution in [-0.2, 0) is 10.2 Å². The van der Waals surface area contributed by atoms with Crippen molar-refractivity contribution >= 4 is 27.9 Å². The molecule has 0 aromatic heterocycles. The van der Waals surface area contributed by atoms with Gasteiger partial charge in [0.25, 0.3) is 5.91 Å². The maximum atomic E-state index is 12.9. The van der Waals surface area contributed by atoms with E-state index in [-0.39, 0.29) is 17.4 Å². The summed E-state index contributed by atoms with van der Waals surface area (Å²) in [7, 11) is -2.39. The van der Waals surface area contributed by atoms with E-state index in [0.29, 0.717) is 43.2 Å². The van der Waals surface area contributed by atoms with Gasteiger partial charge in [0, 0.05) is 56.2 Å². The van der Waals surface area contributed by atoms with Crippen molar-refractivity contribution in [3.8, 4) is 0 Å². The molecule has 0 bridgehead atoms. The highest BCUT2D eigenvalue weighted by Gasteiger charge is 2.34. The number of ether oxygens (including phenoxy) is 1. The molecule has 0 radical (unpaired) electrons. The average molecular weight is 529 g/mol. The molecule has 2 aromatic rings. The third kappa shape index (κ3) is 6.23. The molecule has 3 aliphatic rings. The maximum absolute atomic E-state index is 12.9. The minimum atomic E-state index is -2.39. The summed E-state index contributed by atoms with van der Waals surface area (Å²) in [6.45, 7) is 10.5. The summed E-state index contributed by atoms with van der Waals surface area (Å²) in [5, 5.41) is 6.78. The van der Waals surface area contributed by atoms with Crippen molar-refractivity contribution in [3.05, 3.63) is 59.2 Å². The summed E-state index contributed by atoms with van der Waals surface area (Å²) in [6, 6.07) is 15.0. The number of carbonyl (C=O) groups is 1. The third-order valence-corrected chi connectivity index (χ3v) is 9.56. The number of nitrogens with one attached hydrogen (secondary N) is 2. The molecule has 1 amide bonds. The molecular weight excluding hydrogens is 488 g/mol. The number of anilines is 2. The SMILES string of the molecule is CC1(C)CC(c2cccc(N3CCOCC3)c2)Nc2ccc(C(=O)NCCN3CCS(O)(O)CC3)cc21. The molecule has 8 nitrogen and oxygen atoms in total. The fourth-order valence-corrected chi connectivity index (χ4v) is 6.91. The lowest BCUT2D eigenvalue weighted by atomic mass is 9.73. The van der Waals surface area contributed by atoms with Gasteiger partial charge in [-0.15, -0.1) is 0 Å². The second-order valence-corrected chi connectivity index (χ2v) is 13.5. The predicted octanol–water partition coefficient (Wildman–Crippen LogP) is 4.15. The van der Waals surface area contributed by atoms with Crippen LogP contribution in [0.1, 0.15) is 47.8 Å². The van der Waals surface area contributed by atoms with Crippen LogP contribution in [0.5, 0.6) is 0 Å². The van der Waals surface area contributed by atoms with E-state index in [0.717, 1.165) is 38.4 Å². The lowest BCUT2D eigenvalue weighted by Gasteiger charge is -2.41. The van der Waals surface area contributed by atoms with E-state index < -0.39 is 10.6 Å². The Bertz CT molecular complexity index is 1110. The molecule has 2 aromatic carbocycles. The minimum Gasteiger partial charge on any atom is -0.378 e. The van der Waals surface area contributed by atoms with Gasteiger partial charge in [0.15, 0.2) is 0 Å². The van der Waals surface area contributed by atoms with E-state index in [9.17, 15) is 13.9 Å². The van der Waals surface area contributed by atoms with Crippen LogP contribution in [0, 0.1) is 0 Å². The third-order valence-electron chi connectivity index (χ3n) is 7.89. The van der Waals surface area contributed by atoms with E-state index >= 15 is 0 Å². The smallest absolute Gasteiger partial charge is 0.251 e. The van der Waals surface area contributed by atoms with Crippen LogP contribution in [0.15, 0.2) is 42.5 Å². The first-order chi connectivity index (χ1) is 17.7. The summed E-state index contributed by atoms with van der Waals surface area (Å²) in [4.78, 5) is 17.5. The molecule has 2 saturated heterocycles. The number of morpholine rings is 1. The molecule has 37 heavy (non-hydrogen) atoms. The summed E-state index contributed by atoms with van der Waals surface area (Å²) in [5.41, 5.74) is 5.37. The number of rotatable bonds is 6. The molecule has 2 fully saturated rings. The summed E-state index contributed by atoms with van der Waals surface area (Å²) in [6.07, 6.45) is 0.936. The highest BCUT2D eigenvalue weighted by Crippen LogP contribution is 2.45. The zero-order chi connectivity index (χ0) is 26.0. The first-order valence-electron chi connectivity index (χ1n) is 13.3. The summed E-state index contributed by atoms with van der Waals surface area (Å²) in [5.74, 6) is 0.777. The normalized spacial score (nSPS) is 24.0. The van der Waals surface area contributed by atoms with E-state index in [1.807, 2.05) is 18.2 Å². The van der Waals surface area contributed by atoms with Crippen molar-refractivity contribution in [3.63, 3.8) is 0 Å². The molecule has 3 aliphatic heterocycles. The van der Waals surface area contributed by atoms with Crippen LogP contribution in [0.3, 0.4) is 0 Å². The van der Waals surface area contributed by atoms with Gasteiger partial charge in [-0.2, -0.15) is 10.6 Å². The molecule has 202 valence electrons. The first-order valence-corrected chi connectivity index (χ1v) is 15.2. The van der Waals surface area contributed by atoms with Gasteiger partial charge >= 0.3 is 0 Å². The Labute approximate surface area is 221 Å². The van der Waals surface area contributed by atoms with Crippen LogP contribution < -0.4 is 15.5 Å². The molecule has 1 atom stereocenters. The molecule has 3 heterocycles. The molecular formula is C28H40N4O4S. The second kappa shape index (κ2) is 10.8. The minimum absolute atomic E-state index is 0.0692. The van der Waals surface area contributed by atoms with Crippen LogP contribution >= 0.6 is 10.6 Å². The van der Waals surface area contributed by atoms with Gasteiger partial charge in [0.1, 0.15) is 0 Å². The molecule has 1 unspecified atom stereocenters. The number of amides is 1. The van der Waals surface area contributed by atoms with Crippen LogP contribution in [0.25, 0.3) is 0 Å². The second-order valence-electron chi connectivity index (χ2n) is 11.0.